The summed E-state index contributed by atoms with van der Waals surface area (Å²) in [6.45, 7) is 10.5. The highest BCUT2D eigenvalue weighted by Crippen LogP contribution is 2.21. The highest BCUT2D eigenvalue weighted by atomic mass is 16.2. The second kappa shape index (κ2) is 8.29. The molecule has 1 atom stereocenters. The van der Waals surface area contributed by atoms with Crippen LogP contribution < -0.4 is 10.6 Å². The predicted molar refractivity (Wildman–Crippen MR) is 97.2 cm³/mol. The lowest BCUT2D eigenvalue weighted by Crippen LogP contribution is -2.44. The van der Waals surface area contributed by atoms with Crippen molar-refractivity contribution in [3.8, 4) is 0 Å². The van der Waals surface area contributed by atoms with Crippen molar-refractivity contribution in [3.63, 3.8) is 0 Å². The first-order valence-corrected chi connectivity index (χ1v) is 8.79. The van der Waals surface area contributed by atoms with E-state index in [0.717, 1.165) is 35.5 Å². The maximum atomic E-state index is 12.1. The first kappa shape index (κ1) is 18.5. The monoisotopic (exact) mass is 331 g/mol. The second-order valence-electron chi connectivity index (χ2n) is 6.86. The number of nitrogens with one attached hydrogen (secondary N) is 2. The summed E-state index contributed by atoms with van der Waals surface area (Å²) in [5.74, 6) is -1.17. The molecule has 1 aromatic carbocycles. The number of piperidine rings is 1. The zero-order chi connectivity index (χ0) is 17.7. The number of hydrogen-bond donors (Lipinski definition) is 2. The molecular weight excluding hydrogens is 302 g/mol. The van der Waals surface area contributed by atoms with Crippen molar-refractivity contribution in [1.82, 2.24) is 10.2 Å². The molecule has 0 bridgehead atoms. The van der Waals surface area contributed by atoms with E-state index in [-0.39, 0.29) is 0 Å². The van der Waals surface area contributed by atoms with E-state index in [9.17, 15) is 9.59 Å². The summed E-state index contributed by atoms with van der Waals surface area (Å²) >= 11 is 0. The third-order valence-electron chi connectivity index (χ3n) is 4.75. The largest absolute Gasteiger partial charge is 0.347 e. The van der Waals surface area contributed by atoms with Gasteiger partial charge in [-0.2, -0.15) is 0 Å². The van der Waals surface area contributed by atoms with Crippen LogP contribution in [-0.2, 0) is 9.59 Å². The first-order chi connectivity index (χ1) is 11.4. The topological polar surface area (TPSA) is 61.4 Å². The predicted octanol–water partition coefficient (Wildman–Crippen LogP) is 2.54. The molecule has 1 aliphatic rings. The number of hydrogen-bond acceptors (Lipinski definition) is 3. The van der Waals surface area contributed by atoms with Crippen LogP contribution in [0.2, 0.25) is 0 Å². The Bertz CT molecular complexity index is 590. The lowest BCUT2D eigenvalue weighted by Gasteiger charge is -2.33. The normalized spacial score (nSPS) is 18.2. The van der Waals surface area contributed by atoms with E-state index in [0.29, 0.717) is 12.6 Å². The SMILES string of the molecule is Cc1cc(C)c(NC(=O)C(=O)NCCN2CCCCC2C)c(C)c1. The summed E-state index contributed by atoms with van der Waals surface area (Å²) in [5, 5.41) is 5.47. The first-order valence-electron chi connectivity index (χ1n) is 8.79. The number of rotatable bonds is 4. The van der Waals surface area contributed by atoms with Gasteiger partial charge in [-0.1, -0.05) is 24.1 Å². The summed E-state index contributed by atoms with van der Waals surface area (Å²) in [4.78, 5) is 26.5. The van der Waals surface area contributed by atoms with Crippen molar-refractivity contribution >= 4 is 17.5 Å². The molecule has 0 saturated carbocycles. The molecule has 5 heteroatoms. The number of nitrogens with zero attached hydrogens (tertiary/aromatic N) is 1. The zero-order valence-electron chi connectivity index (χ0n) is 15.2. The molecule has 0 aliphatic carbocycles. The van der Waals surface area contributed by atoms with Crippen LogP contribution in [0.25, 0.3) is 0 Å². The molecule has 0 aromatic heterocycles. The van der Waals surface area contributed by atoms with Gasteiger partial charge in [-0.05, 0) is 58.2 Å². The number of carbonyl (C=O) groups excluding carboxylic acids is 2. The number of anilines is 1. The van der Waals surface area contributed by atoms with E-state index in [1.165, 1.54) is 19.3 Å². The van der Waals surface area contributed by atoms with Gasteiger partial charge in [0, 0.05) is 24.8 Å². The zero-order valence-corrected chi connectivity index (χ0v) is 15.2. The fourth-order valence-electron chi connectivity index (χ4n) is 3.43. The van der Waals surface area contributed by atoms with E-state index in [1.807, 2.05) is 32.9 Å². The minimum Gasteiger partial charge on any atom is -0.347 e. The molecule has 1 aromatic rings. The molecule has 1 saturated heterocycles. The minimum atomic E-state index is -0.600. The lowest BCUT2D eigenvalue weighted by atomic mass is 10.0. The van der Waals surface area contributed by atoms with E-state index in [2.05, 4.69) is 22.5 Å². The molecule has 2 amide bonds. The molecule has 2 rings (SSSR count). The Kier molecular flexibility index (Phi) is 6.37. The van der Waals surface area contributed by atoms with E-state index in [1.54, 1.807) is 0 Å². The van der Waals surface area contributed by atoms with Crippen LogP contribution in [0.4, 0.5) is 5.69 Å². The molecule has 1 aliphatic heterocycles. The molecule has 1 fully saturated rings. The van der Waals surface area contributed by atoms with Crippen LogP contribution in [0.5, 0.6) is 0 Å². The molecule has 5 nitrogen and oxygen atoms in total. The second-order valence-corrected chi connectivity index (χ2v) is 6.86. The van der Waals surface area contributed by atoms with Crippen molar-refractivity contribution in [3.05, 3.63) is 28.8 Å². The Balaban J connectivity index is 1.83. The van der Waals surface area contributed by atoms with Gasteiger partial charge in [-0.15, -0.1) is 0 Å². The third-order valence-corrected chi connectivity index (χ3v) is 4.75. The van der Waals surface area contributed by atoms with Crippen molar-refractivity contribution < 1.29 is 9.59 Å². The van der Waals surface area contributed by atoms with Crippen LogP contribution in [-0.4, -0.2) is 42.4 Å². The highest BCUT2D eigenvalue weighted by molar-refractivity contribution is 6.39. The van der Waals surface area contributed by atoms with Crippen LogP contribution in [0.1, 0.15) is 42.9 Å². The van der Waals surface area contributed by atoms with Crippen molar-refractivity contribution in [1.29, 1.82) is 0 Å². The smallest absolute Gasteiger partial charge is 0.313 e. The van der Waals surface area contributed by atoms with Gasteiger partial charge in [0.1, 0.15) is 0 Å². The number of carbonyl (C=O) groups is 2. The number of likely N-dealkylation sites (tertiary alicyclic amines) is 1. The molecule has 1 unspecified atom stereocenters. The molecule has 2 N–H and O–H groups in total. The summed E-state index contributed by atoms with van der Waals surface area (Å²) < 4.78 is 0. The van der Waals surface area contributed by atoms with E-state index in [4.69, 9.17) is 0 Å². The Hall–Kier alpha value is -1.88. The summed E-state index contributed by atoms with van der Waals surface area (Å²) in [5.41, 5.74) is 3.81. The van der Waals surface area contributed by atoms with Gasteiger partial charge in [0.2, 0.25) is 0 Å². The standard InChI is InChI=1S/C19H29N3O2/c1-13-11-14(2)17(15(3)12-13)21-19(24)18(23)20-8-10-22-9-6-5-7-16(22)4/h11-12,16H,5-10H2,1-4H3,(H,20,23)(H,21,24). The Morgan fingerprint density at radius 3 is 2.42 bits per heavy atom. The minimum absolute atomic E-state index is 0.502. The van der Waals surface area contributed by atoms with Crippen molar-refractivity contribution in [2.75, 3.05) is 25.0 Å². The Labute approximate surface area is 144 Å². The van der Waals surface area contributed by atoms with Crippen LogP contribution >= 0.6 is 0 Å². The fourth-order valence-corrected chi connectivity index (χ4v) is 3.43. The molecule has 132 valence electrons. The number of aryl methyl sites for hydroxylation is 3. The summed E-state index contributed by atoms with van der Waals surface area (Å²) in [6, 6.07) is 4.55. The van der Waals surface area contributed by atoms with Crippen LogP contribution in [0.3, 0.4) is 0 Å². The average Bonchev–Trinajstić information content (AvgIpc) is 2.52. The Morgan fingerprint density at radius 2 is 1.79 bits per heavy atom. The summed E-state index contributed by atoms with van der Waals surface area (Å²) in [7, 11) is 0. The van der Waals surface area contributed by atoms with Gasteiger partial charge in [-0.25, -0.2) is 0 Å². The van der Waals surface area contributed by atoms with Crippen LogP contribution in [0.15, 0.2) is 12.1 Å². The lowest BCUT2D eigenvalue weighted by molar-refractivity contribution is -0.136. The Morgan fingerprint density at radius 1 is 1.12 bits per heavy atom. The molecule has 0 radical (unpaired) electrons. The van der Waals surface area contributed by atoms with Gasteiger partial charge in [0.25, 0.3) is 0 Å². The van der Waals surface area contributed by atoms with Crippen molar-refractivity contribution in [2.24, 2.45) is 0 Å². The highest BCUT2D eigenvalue weighted by Gasteiger charge is 2.19. The van der Waals surface area contributed by atoms with Gasteiger partial charge in [0.05, 0.1) is 0 Å². The van der Waals surface area contributed by atoms with Crippen molar-refractivity contribution in [2.45, 2.75) is 53.0 Å². The van der Waals surface area contributed by atoms with Crippen LogP contribution in [0, 0.1) is 20.8 Å². The molecule has 1 heterocycles. The maximum absolute atomic E-state index is 12.1. The third kappa shape index (κ3) is 4.81. The molecule has 0 spiro atoms. The van der Waals surface area contributed by atoms with Gasteiger partial charge in [-0.3, -0.25) is 14.5 Å². The van der Waals surface area contributed by atoms with Gasteiger partial charge in [0.15, 0.2) is 0 Å². The van der Waals surface area contributed by atoms with Gasteiger partial charge >= 0.3 is 11.8 Å². The number of benzene rings is 1. The quantitative estimate of drug-likeness (QED) is 0.834. The fraction of sp³-hybridized carbons (Fsp3) is 0.579. The van der Waals surface area contributed by atoms with Gasteiger partial charge < -0.3 is 10.6 Å². The average molecular weight is 331 g/mol. The maximum Gasteiger partial charge on any atom is 0.313 e. The molecule has 24 heavy (non-hydrogen) atoms. The number of amides is 2. The molecular formula is C19H29N3O2. The van der Waals surface area contributed by atoms with E-state index < -0.39 is 11.8 Å². The summed E-state index contributed by atoms with van der Waals surface area (Å²) in [6.07, 6.45) is 3.70. The van der Waals surface area contributed by atoms with E-state index >= 15 is 0 Å².